The van der Waals surface area contributed by atoms with E-state index < -0.39 is 0 Å². The molecule has 2 aliphatic rings. The number of para-hydroxylation sites is 2. The first-order valence-electron chi connectivity index (χ1n) is 20.8. The van der Waals surface area contributed by atoms with Crippen molar-refractivity contribution in [2.45, 2.75) is 19.3 Å². The maximum atomic E-state index is 2.45. The van der Waals surface area contributed by atoms with Crippen LogP contribution in [0.1, 0.15) is 25.0 Å². The quantitative estimate of drug-likeness (QED) is 0.177. The molecule has 0 spiro atoms. The highest BCUT2D eigenvalue weighted by Crippen LogP contribution is 2.51. The van der Waals surface area contributed by atoms with Crippen molar-refractivity contribution in [3.05, 3.63) is 223 Å². The molecule has 3 nitrogen and oxygen atoms in total. The molecule has 10 aromatic rings. The zero-order valence-electron chi connectivity index (χ0n) is 33.5. The van der Waals surface area contributed by atoms with E-state index in [9.17, 15) is 0 Å². The number of benzene rings is 9. The molecule has 1 aromatic heterocycles. The molecule has 0 radical (unpaired) electrons. The second kappa shape index (κ2) is 13.2. The maximum Gasteiger partial charge on any atom is 0.0562 e. The number of fused-ring (bicyclic) bond motifs is 16. The first kappa shape index (κ1) is 34.4. The van der Waals surface area contributed by atoms with Gasteiger partial charge in [-0.1, -0.05) is 135 Å². The van der Waals surface area contributed by atoms with Gasteiger partial charge >= 0.3 is 0 Å². The minimum absolute atomic E-state index is 0.109. The maximum absolute atomic E-state index is 2.45. The molecule has 2 heterocycles. The lowest BCUT2D eigenvalue weighted by Crippen LogP contribution is -2.16. The van der Waals surface area contributed by atoms with Crippen molar-refractivity contribution in [1.29, 1.82) is 0 Å². The Balaban J connectivity index is 1.08. The molecule has 0 saturated heterocycles. The highest BCUT2D eigenvalue weighted by molar-refractivity contribution is 6.16. The highest BCUT2D eigenvalue weighted by Gasteiger charge is 2.36. The topological polar surface area (TPSA) is 11.4 Å². The van der Waals surface area contributed by atoms with Crippen molar-refractivity contribution in [3.8, 4) is 39.1 Å². The summed E-state index contributed by atoms with van der Waals surface area (Å²) in [6, 6.07) is 78.3. The summed E-state index contributed by atoms with van der Waals surface area (Å²) in [6.07, 6.45) is 0. The molecule has 60 heavy (non-hydrogen) atoms. The third-order valence-electron chi connectivity index (χ3n) is 12.8. The summed E-state index contributed by atoms with van der Waals surface area (Å²) in [6.45, 7) is 4.72. The van der Waals surface area contributed by atoms with E-state index in [1.54, 1.807) is 0 Å². The fraction of sp³-hybridized carbons (Fsp3) is 0.0526. The molecule has 0 atom stereocenters. The lowest BCUT2D eigenvalue weighted by atomic mass is 9.82. The van der Waals surface area contributed by atoms with Gasteiger partial charge in [-0.3, -0.25) is 0 Å². The van der Waals surface area contributed by atoms with Crippen LogP contribution in [0, 0.1) is 0 Å². The molecular weight excluding hydrogens is 727 g/mol. The number of nitrogens with zero attached hydrogens (tertiary/aromatic N) is 3. The molecule has 0 saturated carbocycles. The lowest BCUT2D eigenvalue weighted by Gasteiger charge is -2.30. The van der Waals surface area contributed by atoms with Gasteiger partial charge in [0.15, 0.2) is 0 Å². The zero-order valence-corrected chi connectivity index (χ0v) is 33.5. The van der Waals surface area contributed by atoms with E-state index in [2.05, 4.69) is 241 Å². The van der Waals surface area contributed by atoms with Crippen LogP contribution in [0.25, 0.3) is 60.9 Å². The molecular formula is C57H41N3. The van der Waals surface area contributed by atoms with Crippen molar-refractivity contribution < 1.29 is 0 Å². The Morgan fingerprint density at radius 1 is 0.333 bits per heavy atom. The van der Waals surface area contributed by atoms with Crippen LogP contribution in [0.4, 0.5) is 34.1 Å². The van der Waals surface area contributed by atoms with Gasteiger partial charge in [-0.2, -0.15) is 0 Å². The summed E-state index contributed by atoms with van der Waals surface area (Å²) in [7, 11) is 0. The van der Waals surface area contributed by atoms with Crippen LogP contribution in [0.2, 0.25) is 0 Å². The number of hydrogen-bond donors (Lipinski definition) is 0. The Morgan fingerprint density at radius 2 is 0.817 bits per heavy atom. The molecule has 9 aromatic carbocycles. The second-order valence-corrected chi connectivity index (χ2v) is 16.6. The van der Waals surface area contributed by atoms with Crippen LogP contribution < -0.4 is 9.80 Å². The largest absolute Gasteiger partial charge is 0.310 e. The Labute approximate surface area is 350 Å². The zero-order chi connectivity index (χ0) is 40.0. The predicted octanol–water partition coefficient (Wildman–Crippen LogP) is 15.7. The molecule has 3 heteroatoms. The van der Waals surface area contributed by atoms with Gasteiger partial charge in [0.1, 0.15) is 0 Å². The fourth-order valence-electron chi connectivity index (χ4n) is 10.0. The van der Waals surface area contributed by atoms with E-state index >= 15 is 0 Å². The first-order valence-corrected chi connectivity index (χ1v) is 20.8. The Bertz CT molecular complexity index is 3230. The number of anilines is 6. The molecule has 0 fully saturated rings. The van der Waals surface area contributed by atoms with Gasteiger partial charge in [-0.05, 0) is 136 Å². The molecule has 0 unspecified atom stereocenters. The summed E-state index contributed by atoms with van der Waals surface area (Å²) in [5.41, 5.74) is 20.1. The van der Waals surface area contributed by atoms with Crippen LogP contribution in [0.3, 0.4) is 0 Å². The van der Waals surface area contributed by atoms with Gasteiger partial charge in [-0.15, -0.1) is 0 Å². The summed E-state index contributed by atoms with van der Waals surface area (Å²) < 4.78 is 2.40. The van der Waals surface area contributed by atoms with Crippen LogP contribution in [-0.2, 0) is 5.41 Å². The van der Waals surface area contributed by atoms with Crippen LogP contribution >= 0.6 is 0 Å². The van der Waals surface area contributed by atoms with E-state index in [0.29, 0.717) is 0 Å². The Morgan fingerprint density at radius 3 is 1.47 bits per heavy atom. The second-order valence-electron chi connectivity index (χ2n) is 16.6. The molecule has 0 N–H and O–H groups in total. The van der Waals surface area contributed by atoms with Crippen LogP contribution in [0.15, 0.2) is 212 Å². The molecule has 1 aliphatic carbocycles. The minimum Gasteiger partial charge on any atom is -0.310 e. The smallest absolute Gasteiger partial charge is 0.0562 e. The highest BCUT2D eigenvalue weighted by atomic mass is 15.2. The standard InChI is InChI=1S/C57H41N3/c1-57(2)51-27-8-6-25-48(51)49-32-31-47(37-52(49)57)58-43-21-10-15-38(33-43)40-17-12-23-45(35-40)59(46-24-13-18-41(36-46)39-16-11-22-44(58)34-39)54-29-14-30-55-56(54)50-26-7-9-28-53(50)60(55)42-19-4-3-5-20-42/h3-37H,1-2H3. The Hall–Kier alpha value is -7.62. The van der Waals surface area contributed by atoms with E-state index in [0.717, 1.165) is 62.1 Å². The van der Waals surface area contributed by atoms with E-state index in [4.69, 9.17) is 0 Å². The van der Waals surface area contributed by atoms with Gasteiger partial charge < -0.3 is 14.4 Å². The fourth-order valence-corrected chi connectivity index (χ4v) is 10.0. The van der Waals surface area contributed by atoms with Gasteiger partial charge in [0, 0.05) is 50.3 Å². The average molecular weight is 768 g/mol. The molecule has 12 rings (SSSR count). The van der Waals surface area contributed by atoms with Crippen LogP contribution in [-0.4, -0.2) is 4.57 Å². The third kappa shape index (κ3) is 5.22. The lowest BCUT2D eigenvalue weighted by molar-refractivity contribution is 0.660. The van der Waals surface area contributed by atoms with Crippen molar-refractivity contribution in [1.82, 2.24) is 4.57 Å². The number of aromatic nitrogens is 1. The SMILES string of the molecule is CC1(C)c2ccccc2-c2ccc(N3c4cccc(c4)-c4cccc(c4)N(c4cccc5c4c4ccccc4n5-c4ccccc4)c4cccc(c4)-c4cccc3c4)cc21. The van der Waals surface area contributed by atoms with E-state index in [-0.39, 0.29) is 5.41 Å². The minimum atomic E-state index is -0.109. The molecule has 284 valence electrons. The Kier molecular flexibility index (Phi) is 7.58. The molecule has 1 aliphatic heterocycles. The summed E-state index contributed by atoms with van der Waals surface area (Å²) in [5.74, 6) is 0. The summed E-state index contributed by atoms with van der Waals surface area (Å²) in [5, 5.41) is 2.44. The van der Waals surface area contributed by atoms with Gasteiger partial charge in [0.25, 0.3) is 0 Å². The average Bonchev–Trinajstić information content (AvgIpc) is 3.76. The van der Waals surface area contributed by atoms with Gasteiger partial charge in [0.2, 0.25) is 0 Å². The van der Waals surface area contributed by atoms with Crippen molar-refractivity contribution in [3.63, 3.8) is 0 Å². The summed E-state index contributed by atoms with van der Waals surface area (Å²) in [4.78, 5) is 4.88. The van der Waals surface area contributed by atoms with Gasteiger partial charge in [0.05, 0.1) is 16.7 Å². The van der Waals surface area contributed by atoms with E-state index in [1.165, 1.54) is 44.1 Å². The van der Waals surface area contributed by atoms with Gasteiger partial charge in [-0.25, -0.2) is 0 Å². The molecule has 0 amide bonds. The third-order valence-corrected chi connectivity index (χ3v) is 12.8. The summed E-state index contributed by atoms with van der Waals surface area (Å²) >= 11 is 0. The first-order chi connectivity index (χ1) is 29.5. The van der Waals surface area contributed by atoms with Crippen molar-refractivity contribution in [2.24, 2.45) is 0 Å². The van der Waals surface area contributed by atoms with Crippen LogP contribution in [0.5, 0.6) is 0 Å². The predicted molar refractivity (Wildman–Crippen MR) is 252 cm³/mol. The monoisotopic (exact) mass is 767 g/mol. The number of hydrogen-bond acceptors (Lipinski definition) is 2. The van der Waals surface area contributed by atoms with E-state index in [1.807, 2.05) is 0 Å². The molecule has 8 bridgehead atoms. The van der Waals surface area contributed by atoms with Crippen molar-refractivity contribution >= 4 is 55.9 Å². The number of rotatable bonds is 3. The normalized spacial score (nSPS) is 13.6. The van der Waals surface area contributed by atoms with Crippen molar-refractivity contribution in [2.75, 3.05) is 9.80 Å².